The molecule has 1 aliphatic heterocycles. The van der Waals surface area contributed by atoms with Crippen molar-refractivity contribution in [3.63, 3.8) is 0 Å². The predicted molar refractivity (Wildman–Crippen MR) is 124 cm³/mol. The molecular weight excluding hydrogens is 418 g/mol. The van der Waals surface area contributed by atoms with Crippen molar-refractivity contribution in [3.05, 3.63) is 77.6 Å². The van der Waals surface area contributed by atoms with Gasteiger partial charge in [0, 0.05) is 19.5 Å². The van der Waals surface area contributed by atoms with E-state index in [1.807, 2.05) is 59.5 Å². The number of rotatable bonds is 9. The van der Waals surface area contributed by atoms with E-state index in [0.29, 0.717) is 25.9 Å². The van der Waals surface area contributed by atoms with Crippen LogP contribution in [0.4, 0.5) is 0 Å². The first-order valence-corrected chi connectivity index (χ1v) is 11.3. The molecule has 0 unspecified atom stereocenters. The summed E-state index contributed by atoms with van der Waals surface area (Å²) in [5.74, 6) is 0.679. The van der Waals surface area contributed by atoms with Crippen molar-refractivity contribution in [1.29, 1.82) is 0 Å². The number of methoxy groups -OCH3 is 1. The minimum atomic E-state index is -0.261. The van der Waals surface area contributed by atoms with Gasteiger partial charge in [0.05, 0.1) is 25.9 Å². The largest absolute Gasteiger partial charge is 0.497 e. The number of carbonyl (C=O) groups is 2. The zero-order valence-corrected chi connectivity index (χ0v) is 18.8. The van der Waals surface area contributed by atoms with Crippen molar-refractivity contribution in [2.45, 2.75) is 44.8 Å². The van der Waals surface area contributed by atoms with Crippen LogP contribution in [-0.4, -0.2) is 51.4 Å². The summed E-state index contributed by atoms with van der Waals surface area (Å²) in [6.07, 6.45) is 4.66. The Morgan fingerprint density at radius 2 is 1.94 bits per heavy atom. The van der Waals surface area contributed by atoms with Crippen LogP contribution in [0.2, 0.25) is 0 Å². The van der Waals surface area contributed by atoms with Crippen molar-refractivity contribution >= 4 is 11.8 Å². The zero-order valence-electron chi connectivity index (χ0n) is 18.8. The summed E-state index contributed by atoms with van der Waals surface area (Å²) in [4.78, 5) is 27.2. The SMILES string of the molecule is COc1cccc(CCC(=O)N2CCC[C@H]2Cn2cc(C(=O)NCc3ccccc3)nn2)c1. The third-order valence-electron chi connectivity index (χ3n) is 5.92. The van der Waals surface area contributed by atoms with Crippen LogP contribution < -0.4 is 10.1 Å². The zero-order chi connectivity index (χ0) is 23.0. The van der Waals surface area contributed by atoms with E-state index in [4.69, 9.17) is 4.74 Å². The average Bonchev–Trinajstić information content (AvgIpc) is 3.52. The Balaban J connectivity index is 1.29. The third-order valence-corrected chi connectivity index (χ3v) is 5.92. The molecule has 1 aliphatic rings. The Morgan fingerprint density at radius 1 is 1.12 bits per heavy atom. The second-order valence-corrected chi connectivity index (χ2v) is 8.23. The summed E-state index contributed by atoms with van der Waals surface area (Å²) in [7, 11) is 1.64. The molecule has 1 fully saturated rings. The fraction of sp³-hybridized carbons (Fsp3) is 0.360. The molecule has 2 aromatic carbocycles. The van der Waals surface area contributed by atoms with Gasteiger partial charge in [0.25, 0.3) is 5.91 Å². The number of carbonyl (C=O) groups excluding carboxylic acids is 2. The standard InChI is InChI=1S/C25H29N5O3/c1-33-22-11-5-9-19(15-22)12-13-24(31)30-14-6-10-21(30)17-29-18-23(27-28-29)25(32)26-16-20-7-3-2-4-8-20/h2-5,7-9,11,15,18,21H,6,10,12-14,16-17H2,1H3,(H,26,32)/t21-/m0/s1. The van der Waals surface area contributed by atoms with E-state index in [-0.39, 0.29) is 23.6 Å². The first kappa shape index (κ1) is 22.5. The van der Waals surface area contributed by atoms with Gasteiger partial charge in [0.15, 0.2) is 5.69 Å². The summed E-state index contributed by atoms with van der Waals surface area (Å²) in [5.41, 5.74) is 2.38. The summed E-state index contributed by atoms with van der Waals surface area (Å²) >= 11 is 0. The van der Waals surface area contributed by atoms with E-state index in [2.05, 4.69) is 15.6 Å². The van der Waals surface area contributed by atoms with Crippen molar-refractivity contribution in [2.24, 2.45) is 0 Å². The molecule has 1 N–H and O–H groups in total. The fourth-order valence-corrected chi connectivity index (χ4v) is 4.15. The number of benzene rings is 2. The highest BCUT2D eigenvalue weighted by Gasteiger charge is 2.29. The lowest BCUT2D eigenvalue weighted by Gasteiger charge is -2.24. The lowest BCUT2D eigenvalue weighted by Crippen LogP contribution is -2.38. The number of nitrogens with zero attached hydrogens (tertiary/aromatic N) is 4. The highest BCUT2D eigenvalue weighted by molar-refractivity contribution is 5.91. The molecule has 0 spiro atoms. The van der Waals surface area contributed by atoms with E-state index in [1.54, 1.807) is 18.0 Å². The van der Waals surface area contributed by atoms with E-state index < -0.39 is 0 Å². The number of ether oxygens (including phenoxy) is 1. The molecule has 4 rings (SSSR count). The molecule has 0 saturated carbocycles. The van der Waals surface area contributed by atoms with Crippen LogP contribution in [-0.2, 0) is 24.3 Å². The van der Waals surface area contributed by atoms with Gasteiger partial charge in [0.1, 0.15) is 5.75 Å². The smallest absolute Gasteiger partial charge is 0.273 e. The van der Waals surface area contributed by atoms with E-state index in [9.17, 15) is 9.59 Å². The summed E-state index contributed by atoms with van der Waals surface area (Å²) < 4.78 is 6.92. The Labute approximate surface area is 193 Å². The first-order chi connectivity index (χ1) is 16.1. The van der Waals surface area contributed by atoms with Crippen LogP contribution in [0.5, 0.6) is 5.75 Å². The number of hydrogen-bond donors (Lipinski definition) is 1. The van der Waals surface area contributed by atoms with Crippen LogP contribution in [0.3, 0.4) is 0 Å². The van der Waals surface area contributed by atoms with E-state index in [0.717, 1.165) is 36.3 Å². The highest BCUT2D eigenvalue weighted by atomic mass is 16.5. The lowest BCUT2D eigenvalue weighted by atomic mass is 10.1. The van der Waals surface area contributed by atoms with Gasteiger partial charge >= 0.3 is 0 Å². The quantitative estimate of drug-likeness (QED) is 0.545. The van der Waals surface area contributed by atoms with Gasteiger partial charge in [-0.1, -0.05) is 47.7 Å². The molecule has 0 aliphatic carbocycles. The van der Waals surface area contributed by atoms with Gasteiger partial charge in [0.2, 0.25) is 5.91 Å². The Hall–Kier alpha value is -3.68. The maximum Gasteiger partial charge on any atom is 0.273 e. The molecule has 33 heavy (non-hydrogen) atoms. The molecule has 172 valence electrons. The number of aromatic nitrogens is 3. The normalized spacial score (nSPS) is 15.4. The minimum Gasteiger partial charge on any atom is -0.497 e. The van der Waals surface area contributed by atoms with Crippen LogP contribution in [0.1, 0.15) is 40.9 Å². The Morgan fingerprint density at radius 3 is 2.76 bits per heavy atom. The van der Waals surface area contributed by atoms with Crippen molar-refractivity contribution in [3.8, 4) is 5.75 Å². The van der Waals surface area contributed by atoms with Crippen molar-refractivity contribution < 1.29 is 14.3 Å². The van der Waals surface area contributed by atoms with Crippen molar-refractivity contribution in [1.82, 2.24) is 25.2 Å². The lowest BCUT2D eigenvalue weighted by molar-refractivity contribution is -0.132. The molecule has 3 aromatic rings. The summed E-state index contributed by atoms with van der Waals surface area (Å²) in [6, 6.07) is 17.6. The fourth-order valence-electron chi connectivity index (χ4n) is 4.15. The average molecular weight is 448 g/mol. The summed E-state index contributed by atoms with van der Waals surface area (Å²) in [5, 5.41) is 11.0. The molecule has 1 aromatic heterocycles. The maximum atomic E-state index is 12.9. The maximum absolute atomic E-state index is 12.9. The highest BCUT2D eigenvalue weighted by Crippen LogP contribution is 2.21. The minimum absolute atomic E-state index is 0.0599. The Bertz CT molecular complexity index is 1080. The third kappa shape index (κ3) is 5.97. The molecule has 8 nitrogen and oxygen atoms in total. The van der Waals surface area contributed by atoms with Gasteiger partial charge in [-0.3, -0.25) is 9.59 Å². The molecule has 0 radical (unpaired) electrons. The number of aryl methyl sites for hydroxylation is 1. The van der Waals surface area contributed by atoms with Crippen LogP contribution >= 0.6 is 0 Å². The molecule has 8 heteroatoms. The van der Waals surface area contributed by atoms with Crippen molar-refractivity contribution in [2.75, 3.05) is 13.7 Å². The molecule has 1 saturated heterocycles. The number of likely N-dealkylation sites (tertiary alicyclic amines) is 1. The second-order valence-electron chi connectivity index (χ2n) is 8.23. The van der Waals surface area contributed by atoms with Gasteiger partial charge in [-0.05, 0) is 42.5 Å². The van der Waals surface area contributed by atoms with Gasteiger partial charge in [-0.25, -0.2) is 4.68 Å². The molecule has 1 atom stereocenters. The Kier molecular flexibility index (Phi) is 7.34. The molecule has 0 bridgehead atoms. The van der Waals surface area contributed by atoms with Gasteiger partial charge in [-0.15, -0.1) is 5.10 Å². The first-order valence-electron chi connectivity index (χ1n) is 11.3. The van der Waals surface area contributed by atoms with Crippen LogP contribution in [0.25, 0.3) is 0 Å². The summed E-state index contributed by atoms with van der Waals surface area (Å²) in [6.45, 7) is 1.72. The molecule has 2 heterocycles. The monoisotopic (exact) mass is 447 g/mol. The van der Waals surface area contributed by atoms with Crippen LogP contribution in [0.15, 0.2) is 60.8 Å². The van der Waals surface area contributed by atoms with E-state index in [1.165, 1.54) is 0 Å². The topological polar surface area (TPSA) is 89.4 Å². The molecular formula is C25H29N5O3. The number of amides is 2. The number of nitrogens with one attached hydrogen (secondary N) is 1. The number of hydrogen-bond acceptors (Lipinski definition) is 5. The van der Waals surface area contributed by atoms with Gasteiger partial charge < -0.3 is 15.0 Å². The van der Waals surface area contributed by atoms with E-state index >= 15 is 0 Å². The predicted octanol–water partition coefficient (Wildman–Crippen LogP) is 2.84. The van der Waals surface area contributed by atoms with Gasteiger partial charge in [-0.2, -0.15) is 0 Å². The van der Waals surface area contributed by atoms with Crippen LogP contribution in [0, 0.1) is 0 Å². The second kappa shape index (κ2) is 10.8. The molecule has 2 amide bonds.